The largest absolute Gasteiger partial charge is 0.490 e. The van der Waals surface area contributed by atoms with Crippen LogP contribution in [0.3, 0.4) is 0 Å². The number of rotatable bonds is 7. The van der Waals surface area contributed by atoms with E-state index < -0.39 is 0 Å². The SMILES string of the molecule is CCOc1ccccc1OCC(=O)NCc1ccc(C)c(F)c1. The fourth-order valence-corrected chi connectivity index (χ4v) is 1.99. The number of hydrogen-bond acceptors (Lipinski definition) is 3. The Hall–Kier alpha value is -2.56. The van der Waals surface area contributed by atoms with Crippen LogP contribution >= 0.6 is 0 Å². The fourth-order valence-electron chi connectivity index (χ4n) is 1.99. The predicted molar refractivity (Wildman–Crippen MR) is 86.1 cm³/mol. The average molecular weight is 317 g/mol. The van der Waals surface area contributed by atoms with Crippen LogP contribution in [0.5, 0.6) is 11.5 Å². The summed E-state index contributed by atoms with van der Waals surface area (Å²) in [4.78, 5) is 11.8. The number of benzene rings is 2. The normalized spacial score (nSPS) is 10.2. The molecule has 23 heavy (non-hydrogen) atoms. The van der Waals surface area contributed by atoms with Crippen molar-refractivity contribution < 1.29 is 18.7 Å². The van der Waals surface area contributed by atoms with Gasteiger partial charge < -0.3 is 14.8 Å². The minimum atomic E-state index is -0.280. The van der Waals surface area contributed by atoms with Crippen LogP contribution in [0.25, 0.3) is 0 Å². The summed E-state index contributed by atoms with van der Waals surface area (Å²) in [7, 11) is 0. The summed E-state index contributed by atoms with van der Waals surface area (Å²) >= 11 is 0. The second-order valence-corrected chi connectivity index (χ2v) is 5.03. The molecule has 0 radical (unpaired) electrons. The summed E-state index contributed by atoms with van der Waals surface area (Å²) in [5, 5.41) is 2.70. The molecule has 0 spiro atoms. The highest BCUT2D eigenvalue weighted by Gasteiger charge is 2.07. The third kappa shape index (κ3) is 4.98. The van der Waals surface area contributed by atoms with E-state index in [1.54, 1.807) is 31.2 Å². The second kappa shape index (κ2) is 8.17. The molecule has 0 saturated carbocycles. The molecular formula is C18H20FNO3. The standard InChI is InChI=1S/C18H20FNO3/c1-3-22-16-6-4-5-7-17(16)23-12-18(21)20-11-14-9-8-13(2)15(19)10-14/h4-10H,3,11-12H2,1-2H3,(H,20,21). The molecule has 0 unspecified atom stereocenters. The Labute approximate surface area is 135 Å². The lowest BCUT2D eigenvalue weighted by atomic mass is 10.1. The Morgan fingerprint density at radius 1 is 1.13 bits per heavy atom. The van der Waals surface area contributed by atoms with E-state index in [0.29, 0.717) is 29.2 Å². The molecule has 4 nitrogen and oxygen atoms in total. The van der Waals surface area contributed by atoms with Crippen LogP contribution in [0.2, 0.25) is 0 Å². The van der Waals surface area contributed by atoms with Gasteiger partial charge in [0.2, 0.25) is 0 Å². The first-order valence-electron chi connectivity index (χ1n) is 7.46. The minimum absolute atomic E-state index is 0.127. The van der Waals surface area contributed by atoms with Crippen LogP contribution in [0.15, 0.2) is 42.5 Å². The van der Waals surface area contributed by atoms with Gasteiger partial charge in [-0.15, -0.1) is 0 Å². The van der Waals surface area contributed by atoms with Crippen LogP contribution in [0.1, 0.15) is 18.1 Å². The topological polar surface area (TPSA) is 47.6 Å². The molecule has 0 aromatic heterocycles. The lowest BCUT2D eigenvalue weighted by Gasteiger charge is -2.11. The number of nitrogens with one attached hydrogen (secondary N) is 1. The maximum Gasteiger partial charge on any atom is 0.258 e. The van der Waals surface area contributed by atoms with E-state index in [0.717, 1.165) is 0 Å². The van der Waals surface area contributed by atoms with Gasteiger partial charge in [0.15, 0.2) is 18.1 Å². The Morgan fingerprint density at radius 3 is 2.48 bits per heavy atom. The molecule has 2 aromatic carbocycles. The third-order valence-electron chi connectivity index (χ3n) is 3.23. The Kier molecular flexibility index (Phi) is 5.97. The highest BCUT2D eigenvalue weighted by molar-refractivity contribution is 5.77. The zero-order chi connectivity index (χ0) is 16.7. The minimum Gasteiger partial charge on any atom is -0.490 e. The van der Waals surface area contributed by atoms with Gasteiger partial charge in [0.05, 0.1) is 6.61 Å². The van der Waals surface area contributed by atoms with E-state index in [9.17, 15) is 9.18 Å². The molecule has 1 N–H and O–H groups in total. The molecule has 2 rings (SSSR count). The molecule has 122 valence electrons. The number of para-hydroxylation sites is 2. The molecule has 0 aliphatic rings. The van der Waals surface area contributed by atoms with E-state index in [1.807, 2.05) is 19.1 Å². The van der Waals surface area contributed by atoms with E-state index in [4.69, 9.17) is 9.47 Å². The Bertz CT molecular complexity index is 673. The first kappa shape index (κ1) is 16.8. The van der Waals surface area contributed by atoms with E-state index in [2.05, 4.69) is 5.32 Å². The average Bonchev–Trinajstić information content (AvgIpc) is 2.55. The molecule has 1 amide bonds. The van der Waals surface area contributed by atoms with Gasteiger partial charge in [-0.05, 0) is 43.2 Å². The maximum atomic E-state index is 13.4. The quantitative estimate of drug-likeness (QED) is 0.853. The lowest BCUT2D eigenvalue weighted by molar-refractivity contribution is -0.123. The van der Waals surface area contributed by atoms with Crippen LogP contribution in [-0.2, 0) is 11.3 Å². The molecule has 0 heterocycles. The van der Waals surface area contributed by atoms with Crippen LogP contribution in [-0.4, -0.2) is 19.1 Å². The first-order valence-corrected chi connectivity index (χ1v) is 7.46. The zero-order valence-corrected chi connectivity index (χ0v) is 13.3. The van der Waals surface area contributed by atoms with Gasteiger partial charge in [-0.25, -0.2) is 4.39 Å². The van der Waals surface area contributed by atoms with Crippen molar-refractivity contribution in [3.8, 4) is 11.5 Å². The van der Waals surface area contributed by atoms with Crippen molar-refractivity contribution in [2.75, 3.05) is 13.2 Å². The molecule has 5 heteroatoms. The van der Waals surface area contributed by atoms with Crippen molar-refractivity contribution >= 4 is 5.91 Å². The Balaban J connectivity index is 1.84. The summed E-state index contributed by atoms with van der Waals surface area (Å²) in [5.41, 5.74) is 1.28. The van der Waals surface area contributed by atoms with Crippen molar-refractivity contribution in [2.45, 2.75) is 20.4 Å². The highest BCUT2D eigenvalue weighted by Crippen LogP contribution is 2.26. The molecule has 2 aromatic rings. The number of aryl methyl sites for hydroxylation is 1. The number of hydrogen-bond donors (Lipinski definition) is 1. The Morgan fingerprint density at radius 2 is 1.83 bits per heavy atom. The van der Waals surface area contributed by atoms with Gasteiger partial charge in [-0.2, -0.15) is 0 Å². The fraction of sp³-hybridized carbons (Fsp3) is 0.278. The number of carbonyl (C=O) groups is 1. The molecule has 0 fully saturated rings. The van der Waals surface area contributed by atoms with Crippen LogP contribution in [0, 0.1) is 12.7 Å². The van der Waals surface area contributed by atoms with E-state index in [1.165, 1.54) is 6.07 Å². The summed E-state index contributed by atoms with van der Waals surface area (Å²) in [5.74, 6) is 0.560. The third-order valence-corrected chi connectivity index (χ3v) is 3.23. The highest BCUT2D eigenvalue weighted by atomic mass is 19.1. The van der Waals surface area contributed by atoms with Crippen molar-refractivity contribution in [3.63, 3.8) is 0 Å². The van der Waals surface area contributed by atoms with Gasteiger partial charge in [0, 0.05) is 6.54 Å². The summed E-state index contributed by atoms with van der Waals surface area (Å²) in [6.07, 6.45) is 0. The van der Waals surface area contributed by atoms with Crippen LogP contribution < -0.4 is 14.8 Å². The van der Waals surface area contributed by atoms with Gasteiger partial charge >= 0.3 is 0 Å². The molecule has 0 atom stereocenters. The maximum absolute atomic E-state index is 13.4. The van der Waals surface area contributed by atoms with Crippen molar-refractivity contribution in [2.24, 2.45) is 0 Å². The van der Waals surface area contributed by atoms with Gasteiger partial charge in [0.1, 0.15) is 5.82 Å². The molecule has 0 bridgehead atoms. The summed E-state index contributed by atoms with van der Waals surface area (Å²) in [6, 6.07) is 12.1. The van der Waals surface area contributed by atoms with Crippen molar-refractivity contribution in [1.82, 2.24) is 5.32 Å². The second-order valence-electron chi connectivity index (χ2n) is 5.03. The molecular weight excluding hydrogens is 297 g/mol. The van der Waals surface area contributed by atoms with E-state index in [-0.39, 0.29) is 24.9 Å². The number of carbonyl (C=O) groups excluding carboxylic acids is 1. The molecule has 0 aliphatic carbocycles. The van der Waals surface area contributed by atoms with Crippen molar-refractivity contribution in [1.29, 1.82) is 0 Å². The molecule has 0 saturated heterocycles. The first-order chi connectivity index (χ1) is 11.1. The smallest absolute Gasteiger partial charge is 0.258 e. The number of halogens is 1. The van der Waals surface area contributed by atoms with Gasteiger partial charge in [-0.1, -0.05) is 24.3 Å². The lowest BCUT2D eigenvalue weighted by Crippen LogP contribution is -2.28. The predicted octanol–water partition coefficient (Wildman–Crippen LogP) is 3.23. The molecule has 0 aliphatic heterocycles. The van der Waals surface area contributed by atoms with E-state index >= 15 is 0 Å². The number of ether oxygens (including phenoxy) is 2. The number of amides is 1. The summed E-state index contributed by atoms with van der Waals surface area (Å²) in [6.45, 7) is 4.22. The van der Waals surface area contributed by atoms with Gasteiger partial charge in [-0.3, -0.25) is 4.79 Å². The summed E-state index contributed by atoms with van der Waals surface area (Å²) < 4.78 is 24.3. The van der Waals surface area contributed by atoms with Crippen LogP contribution in [0.4, 0.5) is 4.39 Å². The van der Waals surface area contributed by atoms with Crippen molar-refractivity contribution in [3.05, 3.63) is 59.4 Å². The monoisotopic (exact) mass is 317 g/mol. The van der Waals surface area contributed by atoms with Gasteiger partial charge in [0.25, 0.3) is 5.91 Å². The zero-order valence-electron chi connectivity index (χ0n) is 13.3.